The number of para-hydroxylation sites is 5. The van der Waals surface area contributed by atoms with Crippen LogP contribution in [-0.2, 0) is 0 Å². The normalized spacial score (nSPS) is 12.0. The average Bonchev–Trinajstić information content (AvgIpc) is 1.67. The van der Waals surface area contributed by atoms with Gasteiger partial charge in [0, 0.05) is 80.1 Å². The summed E-state index contributed by atoms with van der Waals surface area (Å²) in [6.07, 6.45) is 1.65. The Balaban J connectivity index is 0.000000130. The van der Waals surface area contributed by atoms with E-state index in [1.165, 1.54) is 42.0 Å². The lowest BCUT2D eigenvalue weighted by Crippen LogP contribution is -1.95. The van der Waals surface area contributed by atoms with Gasteiger partial charge in [-0.2, -0.15) is 0 Å². The van der Waals surface area contributed by atoms with Crippen LogP contribution in [0.2, 0.25) is 0 Å². The van der Waals surface area contributed by atoms with Crippen molar-refractivity contribution in [1.29, 1.82) is 0 Å². The molecule has 420 valence electrons. The Labute approximate surface area is 515 Å². The maximum Gasteiger partial charge on any atom is 0.180 e. The quantitative estimate of drug-likeness (QED) is 0.162. The first-order valence-corrected chi connectivity index (χ1v) is 30.7. The van der Waals surface area contributed by atoms with Crippen LogP contribution in [0.5, 0.6) is 0 Å². The van der Waals surface area contributed by atoms with Crippen molar-refractivity contribution in [3.05, 3.63) is 273 Å². The van der Waals surface area contributed by atoms with Gasteiger partial charge in [0.25, 0.3) is 0 Å². The molecule has 0 aliphatic heterocycles. The zero-order chi connectivity index (χ0) is 59.0. The fraction of sp³-hybridized carbons (Fsp3) is 0. The first-order valence-electron chi connectivity index (χ1n) is 29.9. The van der Waals surface area contributed by atoms with Crippen LogP contribution in [0.1, 0.15) is 0 Å². The molecule has 20 aromatic rings. The number of hydrogen-bond acceptors (Lipinski definition) is 9. The lowest BCUT2D eigenvalue weighted by atomic mass is 10.0. The van der Waals surface area contributed by atoms with Crippen LogP contribution < -0.4 is 0 Å². The molecule has 0 radical (unpaired) electrons. The number of furan rings is 4. The van der Waals surface area contributed by atoms with Crippen LogP contribution in [0.25, 0.3) is 192 Å². The van der Waals surface area contributed by atoms with Gasteiger partial charge in [0.1, 0.15) is 62.2 Å². The highest BCUT2D eigenvalue weighted by Crippen LogP contribution is 2.46. The standard InChI is InChI=1S/C40H23N3OS.C40H22N2O3/c1-2-9-24(10-3-1)25-17-20-34-31(22-25)38-39(44-34)37(41-23-42-38)26-11-8-12-27(21-26)43-32-15-6-4-14-30(32)36-33(43)19-18-29-28-13-5-7-16-35(28)45-40(29)36;1-2-10-23(11-3-1)24-20-21-34-31(22-24)36-39(45-34)35(29-16-8-14-27-25-12-4-6-18-32(25)43-37(27)29)41-40(42-36)30-17-9-15-28-26-13-5-7-19-33(26)44-38(28)30/h1-23H;1-22H. The predicted molar refractivity (Wildman–Crippen MR) is 368 cm³/mol. The van der Waals surface area contributed by atoms with Gasteiger partial charge < -0.3 is 22.2 Å². The Morgan fingerprint density at radius 2 is 0.856 bits per heavy atom. The van der Waals surface area contributed by atoms with Gasteiger partial charge in [0.2, 0.25) is 0 Å². The zero-order valence-electron chi connectivity index (χ0n) is 47.8. The molecule has 0 saturated carbocycles. The van der Waals surface area contributed by atoms with Crippen molar-refractivity contribution in [2.75, 3.05) is 0 Å². The Bertz CT molecular complexity index is 6310. The number of rotatable bonds is 6. The molecule has 0 N–H and O–H groups in total. The van der Waals surface area contributed by atoms with E-state index in [0.29, 0.717) is 22.7 Å². The van der Waals surface area contributed by atoms with Crippen LogP contribution in [0.3, 0.4) is 0 Å². The van der Waals surface area contributed by atoms with Gasteiger partial charge in [-0.3, -0.25) is 0 Å². The summed E-state index contributed by atoms with van der Waals surface area (Å²) in [5.74, 6) is 0.558. The molecular weight excluding hydrogens is 1130 g/mol. The molecule has 8 aromatic heterocycles. The second-order valence-electron chi connectivity index (χ2n) is 22.7. The number of fused-ring (bicyclic) bond motifs is 19. The fourth-order valence-corrected chi connectivity index (χ4v) is 14.8. The van der Waals surface area contributed by atoms with Gasteiger partial charge in [-0.15, -0.1) is 11.3 Å². The molecule has 0 amide bonds. The van der Waals surface area contributed by atoms with Crippen LogP contribution in [0.15, 0.2) is 291 Å². The smallest absolute Gasteiger partial charge is 0.180 e. The number of aromatic nitrogens is 5. The van der Waals surface area contributed by atoms with Crippen molar-refractivity contribution in [3.8, 4) is 61.8 Å². The largest absolute Gasteiger partial charge is 0.455 e. The Morgan fingerprint density at radius 3 is 1.57 bits per heavy atom. The SMILES string of the molecule is c1ccc(-c2ccc3oc4c(-c5cccc(-n6c7ccccc7c7c8sc9ccccc9c8ccc76)c5)ncnc4c3c2)cc1.c1ccc(-c2ccc3oc4c(-c5cccc6c5oc5ccccc56)nc(-c5cccc6c5oc5ccccc56)nc4c3c2)cc1. The topological polar surface area (TPSA) is 109 Å². The molecule has 8 heterocycles. The summed E-state index contributed by atoms with van der Waals surface area (Å²) >= 11 is 1.87. The van der Waals surface area contributed by atoms with Gasteiger partial charge in [0.05, 0.1) is 16.6 Å². The third-order valence-electron chi connectivity index (χ3n) is 17.6. The van der Waals surface area contributed by atoms with Crippen LogP contribution >= 0.6 is 11.3 Å². The molecule has 0 saturated heterocycles. The van der Waals surface area contributed by atoms with Gasteiger partial charge in [-0.25, -0.2) is 19.9 Å². The first kappa shape index (κ1) is 50.2. The van der Waals surface area contributed by atoms with Crippen molar-refractivity contribution in [1.82, 2.24) is 24.5 Å². The fourth-order valence-electron chi connectivity index (χ4n) is 13.5. The second kappa shape index (κ2) is 19.8. The molecule has 0 fully saturated rings. The monoisotopic (exact) mass is 1170 g/mol. The van der Waals surface area contributed by atoms with Crippen molar-refractivity contribution in [2.45, 2.75) is 0 Å². The number of nitrogens with zero attached hydrogens (tertiary/aromatic N) is 5. The van der Waals surface area contributed by atoms with E-state index < -0.39 is 0 Å². The minimum atomic E-state index is 0.558. The maximum atomic E-state index is 6.59. The molecule has 9 nitrogen and oxygen atoms in total. The molecule has 0 aliphatic carbocycles. The molecule has 0 atom stereocenters. The summed E-state index contributed by atoms with van der Waals surface area (Å²) in [6, 6.07) is 92.4. The minimum absolute atomic E-state index is 0.558. The predicted octanol–water partition coefficient (Wildman–Crippen LogP) is 22.4. The highest BCUT2D eigenvalue weighted by Gasteiger charge is 2.25. The summed E-state index contributed by atoms with van der Waals surface area (Å²) in [5.41, 5.74) is 19.7. The summed E-state index contributed by atoms with van der Waals surface area (Å²) in [6.45, 7) is 0. The molecule has 0 bridgehead atoms. The van der Waals surface area contributed by atoms with Gasteiger partial charge in [-0.1, -0.05) is 188 Å². The molecular formula is C80H45N5O4S. The molecule has 0 spiro atoms. The Kier molecular flexibility index (Phi) is 11.0. The van der Waals surface area contributed by atoms with Crippen LogP contribution in [-0.4, -0.2) is 24.5 Å². The molecule has 0 aliphatic rings. The minimum Gasteiger partial charge on any atom is -0.455 e. The third-order valence-corrected chi connectivity index (χ3v) is 18.8. The average molecular weight is 1170 g/mol. The number of thiophene rings is 1. The molecule has 10 heteroatoms. The van der Waals surface area contributed by atoms with Crippen LogP contribution in [0, 0.1) is 0 Å². The number of benzene rings is 12. The molecule has 90 heavy (non-hydrogen) atoms. The molecule has 12 aromatic carbocycles. The van der Waals surface area contributed by atoms with Crippen LogP contribution in [0.4, 0.5) is 0 Å². The highest BCUT2D eigenvalue weighted by atomic mass is 32.1. The van der Waals surface area contributed by atoms with Crippen molar-refractivity contribution in [3.63, 3.8) is 0 Å². The maximum absolute atomic E-state index is 6.59. The van der Waals surface area contributed by atoms with E-state index >= 15 is 0 Å². The summed E-state index contributed by atoms with van der Waals surface area (Å²) in [4.78, 5) is 19.9. The summed E-state index contributed by atoms with van der Waals surface area (Å²) in [7, 11) is 0. The van der Waals surface area contributed by atoms with E-state index in [-0.39, 0.29) is 0 Å². The van der Waals surface area contributed by atoms with E-state index in [9.17, 15) is 0 Å². The van der Waals surface area contributed by atoms with E-state index in [1.807, 2.05) is 108 Å². The molecule has 20 rings (SSSR count). The first-order chi connectivity index (χ1) is 44.6. The summed E-state index contributed by atoms with van der Waals surface area (Å²) in [5, 5.41) is 11.3. The molecule has 0 unspecified atom stereocenters. The van der Waals surface area contributed by atoms with Crippen molar-refractivity contribution in [2.24, 2.45) is 0 Å². The van der Waals surface area contributed by atoms with Gasteiger partial charge >= 0.3 is 0 Å². The zero-order valence-corrected chi connectivity index (χ0v) is 48.6. The van der Waals surface area contributed by atoms with E-state index in [4.69, 9.17) is 32.6 Å². The number of hydrogen-bond donors (Lipinski definition) is 0. The second-order valence-corrected chi connectivity index (χ2v) is 23.8. The lowest BCUT2D eigenvalue weighted by molar-refractivity contribution is 0.662. The van der Waals surface area contributed by atoms with Crippen molar-refractivity contribution < 1.29 is 17.7 Å². The Morgan fingerprint density at radius 1 is 0.311 bits per heavy atom. The Hall–Kier alpha value is -12.0. The van der Waals surface area contributed by atoms with Gasteiger partial charge in [0.15, 0.2) is 17.0 Å². The lowest BCUT2D eigenvalue weighted by Gasteiger charge is -2.10. The van der Waals surface area contributed by atoms with E-state index in [0.717, 1.165) is 127 Å². The highest BCUT2D eigenvalue weighted by molar-refractivity contribution is 7.26. The summed E-state index contributed by atoms with van der Waals surface area (Å²) < 4.78 is 31.0. The van der Waals surface area contributed by atoms with E-state index in [1.54, 1.807) is 6.33 Å². The third kappa shape index (κ3) is 7.75. The van der Waals surface area contributed by atoms with Gasteiger partial charge in [-0.05, 0) is 101 Å². The van der Waals surface area contributed by atoms with E-state index in [2.05, 4.69) is 179 Å². The van der Waals surface area contributed by atoms with Crippen molar-refractivity contribution >= 4 is 141 Å².